The molecule has 1 N–H and O–H groups in total. The van der Waals surface area contributed by atoms with Gasteiger partial charge in [-0.1, -0.05) is 12.1 Å². The van der Waals surface area contributed by atoms with Crippen LogP contribution in [0, 0.1) is 12.7 Å². The topological polar surface area (TPSA) is 51.2 Å². The average Bonchev–Trinajstić information content (AvgIpc) is 3.01. The van der Waals surface area contributed by atoms with Crippen LogP contribution in [0.3, 0.4) is 0 Å². The van der Waals surface area contributed by atoms with Crippen molar-refractivity contribution in [1.29, 1.82) is 0 Å². The predicted octanol–water partition coefficient (Wildman–Crippen LogP) is 4.52. The number of hydrogen-bond donors (Lipinski definition) is 1. The minimum absolute atomic E-state index is 0.0364. The number of methoxy groups -OCH3 is 1. The zero-order valence-electron chi connectivity index (χ0n) is 13.2. The van der Waals surface area contributed by atoms with Gasteiger partial charge in [-0.2, -0.15) is 0 Å². The number of rotatable bonds is 4. The van der Waals surface area contributed by atoms with Crippen LogP contribution in [0.25, 0.3) is 11.3 Å². The van der Waals surface area contributed by atoms with E-state index in [4.69, 9.17) is 4.74 Å². The van der Waals surface area contributed by atoms with Crippen LogP contribution < -0.4 is 10.1 Å². The molecule has 0 bridgehead atoms. The minimum Gasteiger partial charge on any atom is -0.497 e. The Bertz CT molecular complexity index is 892. The maximum absolute atomic E-state index is 14.0. The highest BCUT2D eigenvalue weighted by molar-refractivity contribution is 7.09. The van der Waals surface area contributed by atoms with Crippen LogP contribution >= 0.6 is 11.3 Å². The standard InChI is InChI=1S/C18H15FN2O2S/c1-11-20-17(10-24-11)12-4-3-5-13(8-12)21-18(22)15-7-6-14(23-2)9-16(15)19/h3-10H,1-2H3,(H,21,22). The number of carbonyl (C=O) groups excluding carboxylic acids is 1. The second-order valence-corrected chi connectivity index (χ2v) is 6.19. The summed E-state index contributed by atoms with van der Waals surface area (Å²) < 4.78 is 18.9. The molecule has 1 amide bonds. The summed E-state index contributed by atoms with van der Waals surface area (Å²) in [6, 6.07) is 11.4. The number of aromatic nitrogens is 1. The molecule has 0 aliphatic heterocycles. The molecule has 1 aromatic heterocycles. The molecular formula is C18H15FN2O2S. The lowest BCUT2D eigenvalue weighted by Crippen LogP contribution is -2.13. The largest absolute Gasteiger partial charge is 0.497 e. The van der Waals surface area contributed by atoms with Gasteiger partial charge in [-0.3, -0.25) is 4.79 Å². The van der Waals surface area contributed by atoms with E-state index in [1.54, 1.807) is 23.5 Å². The smallest absolute Gasteiger partial charge is 0.258 e. The van der Waals surface area contributed by atoms with Crippen molar-refractivity contribution in [3.63, 3.8) is 0 Å². The molecular weight excluding hydrogens is 327 g/mol. The summed E-state index contributed by atoms with van der Waals surface area (Å²) in [5.74, 6) is -0.773. The summed E-state index contributed by atoms with van der Waals surface area (Å²) in [7, 11) is 1.44. The Morgan fingerprint density at radius 1 is 1.25 bits per heavy atom. The van der Waals surface area contributed by atoms with E-state index in [1.807, 2.05) is 30.5 Å². The SMILES string of the molecule is COc1ccc(C(=O)Nc2cccc(-c3csc(C)n3)c2)c(F)c1. The van der Waals surface area contributed by atoms with Crippen molar-refractivity contribution >= 4 is 22.9 Å². The van der Waals surface area contributed by atoms with Gasteiger partial charge in [-0.15, -0.1) is 11.3 Å². The van der Waals surface area contributed by atoms with Gasteiger partial charge in [0.2, 0.25) is 0 Å². The molecule has 3 rings (SSSR count). The number of amides is 1. The molecule has 0 unspecified atom stereocenters. The molecule has 0 aliphatic carbocycles. The Kier molecular flexibility index (Phi) is 4.57. The first-order valence-corrected chi connectivity index (χ1v) is 8.12. The molecule has 0 spiro atoms. The molecule has 1 heterocycles. The third-order valence-corrected chi connectivity index (χ3v) is 4.23. The monoisotopic (exact) mass is 342 g/mol. The van der Waals surface area contributed by atoms with Gasteiger partial charge in [0.1, 0.15) is 11.6 Å². The predicted molar refractivity (Wildman–Crippen MR) is 93.2 cm³/mol. The molecule has 0 radical (unpaired) electrons. The van der Waals surface area contributed by atoms with E-state index in [0.717, 1.165) is 16.3 Å². The third-order valence-electron chi connectivity index (χ3n) is 3.46. The van der Waals surface area contributed by atoms with Crippen molar-refractivity contribution in [3.8, 4) is 17.0 Å². The van der Waals surface area contributed by atoms with E-state index in [1.165, 1.54) is 19.2 Å². The molecule has 3 aromatic rings. The van der Waals surface area contributed by atoms with Gasteiger partial charge in [0, 0.05) is 22.7 Å². The van der Waals surface area contributed by atoms with Gasteiger partial charge in [0.05, 0.1) is 23.4 Å². The van der Waals surface area contributed by atoms with Crippen molar-refractivity contribution in [2.75, 3.05) is 12.4 Å². The van der Waals surface area contributed by atoms with Crippen LogP contribution in [-0.4, -0.2) is 18.0 Å². The first kappa shape index (κ1) is 16.1. The van der Waals surface area contributed by atoms with E-state index in [-0.39, 0.29) is 5.56 Å². The van der Waals surface area contributed by atoms with Gasteiger partial charge >= 0.3 is 0 Å². The van der Waals surface area contributed by atoms with Crippen LogP contribution in [-0.2, 0) is 0 Å². The zero-order valence-corrected chi connectivity index (χ0v) is 14.0. The third kappa shape index (κ3) is 3.44. The minimum atomic E-state index is -0.627. The molecule has 0 atom stereocenters. The maximum atomic E-state index is 14.0. The summed E-state index contributed by atoms with van der Waals surface area (Å²) in [5.41, 5.74) is 2.29. The van der Waals surface area contributed by atoms with Crippen molar-refractivity contribution in [2.45, 2.75) is 6.92 Å². The van der Waals surface area contributed by atoms with Crippen LogP contribution in [0.2, 0.25) is 0 Å². The Hall–Kier alpha value is -2.73. The highest BCUT2D eigenvalue weighted by Gasteiger charge is 2.13. The van der Waals surface area contributed by atoms with Gasteiger partial charge in [0.25, 0.3) is 5.91 Å². The molecule has 0 saturated heterocycles. The van der Waals surface area contributed by atoms with Crippen LogP contribution in [0.15, 0.2) is 47.8 Å². The van der Waals surface area contributed by atoms with Gasteiger partial charge in [0.15, 0.2) is 0 Å². The van der Waals surface area contributed by atoms with Crippen LogP contribution in [0.1, 0.15) is 15.4 Å². The van der Waals surface area contributed by atoms with E-state index in [0.29, 0.717) is 11.4 Å². The van der Waals surface area contributed by atoms with Gasteiger partial charge in [-0.25, -0.2) is 9.37 Å². The number of halogens is 1. The molecule has 24 heavy (non-hydrogen) atoms. The highest BCUT2D eigenvalue weighted by Crippen LogP contribution is 2.25. The number of thiazole rings is 1. The first-order valence-electron chi connectivity index (χ1n) is 7.24. The number of carbonyl (C=O) groups is 1. The molecule has 2 aromatic carbocycles. The fourth-order valence-corrected chi connectivity index (χ4v) is 2.88. The zero-order chi connectivity index (χ0) is 17.1. The molecule has 0 aliphatic rings. The van der Waals surface area contributed by atoms with E-state index >= 15 is 0 Å². The Balaban J connectivity index is 1.82. The van der Waals surface area contributed by atoms with Crippen molar-refractivity contribution in [3.05, 3.63) is 64.2 Å². The number of nitrogens with zero attached hydrogens (tertiary/aromatic N) is 1. The lowest BCUT2D eigenvalue weighted by molar-refractivity contribution is 0.102. The number of ether oxygens (including phenoxy) is 1. The molecule has 0 saturated carbocycles. The summed E-state index contributed by atoms with van der Waals surface area (Å²) >= 11 is 1.56. The summed E-state index contributed by atoms with van der Waals surface area (Å²) in [4.78, 5) is 16.7. The number of aryl methyl sites for hydroxylation is 1. The average molecular weight is 342 g/mol. The lowest BCUT2D eigenvalue weighted by Gasteiger charge is -2.08. The molecule has 122 valence electrons. The highest BCUT2D eigenvalue weighted by atomic mass is 32.1. The second kappa shape index (κ2) is 6.80. The van der Waals surface area contributed by atoms with E-state index in [9.17, 15) is 9.18 Å². The quantitative estimate of drug-likeness (QED) is 0.758. The Morgan fingerprint density at radius 2 is 2.08 bits per heavy atom. The number of hydrogen-bond acceptors (Lipinski definition) is 4. The summed E-state index contributed by atoms with van der Waals surface area (Å²) in [5, 5.41) is 5.64. The van der Waals surface area contributed by atoms with Crippen LogP contribution in [0.5, 0.6) is 5.75 Å². The van der Waals surface area contributed by atoms with Crippen molar-refractivity contribution in [1.82, 2.24) is 4.98 Å². The van der Waals surface area contributed by atoms with Crippen molar-refractivity contribution < 1.29 is 13.9 Å². The number of nitrogens with one attached hydrogen (secondary N) is 1. The first-order chi connectivity index (χ1) is 11.6. The Labute approximate surface area is 142 Å². The summed E-state index contributed by atoms with van der Waals surface area (Å²) in [6.45, 7) is 1.94. The normalized spacial score (nSPS) is 10.5. The molecule has 6 heteroatoms. The molecule has 0 fully saturated rings. The maximum Gasteiger partial charge on any atom is 0.258 e. The number of anilines is 1. The second-order valence-electron chi connectivity index (χ2n) is 5.13. The van der Waals surface area contributed by atoms with Gasteiger partial charge in [-0.05, 0) is 31.2 Å². The van der Waals surface area contributed by atoms with Crippen molar-refractivity contribution in [2.24, 2.45) is 0 Å². The molecule has 4 nitrogen and oxygen atoms in total. The van der Waals surface area contributed by atoms with E-state index < -0.39 is 11.7 Å². The Morgan fingerprint density at radius 3 is 2.75 bits per heavy atom. The number of benzene rings is 2. The van der Waals surface area contributed by atoms with E-state index in [2.05, 4.69) is 10.3 Å². The lowest BCUT2D eigenvalue weighted by atomic mass is 10.1. The fraction of sp³-hybridized carbons (Fsp3) is 0.111. The fourth-order valence-electron chi connectivity index (χ4n) is 2.26. The van der Waals surface area contributed by atoms with Gasteiger partial charge < -0.3 is 10.1 Å². The van der Waals surface area contributed by atoms with Crippen LogP contribution in [0.4, 0.5) is 10.1 Å². The summed E-state index contributed by atoms with van der Waals surface area (Å²) in [6.07, 6.45) is 0.